The summed E-state index contributed by atoms with van der Waals surface area (Å²) in [4.78, 5) is 10.4. The summed E-state index contributed by atoms with van der Waals surface area (Å²) in [6.45, 7) is 0. The van der Waals surface area contributed by atoms with Crippen LogP contribution >= 0.6 is 0 Å². The van der Waals surface area contributed by atoms with E-state index in [1.54, 1.807) is 30.3 Å². The Hall–Kier alpha value is -2.08. The Labute approximate surface area is 76.1 Å². The fourth-order valence-electron chi connectivity index (χ4n) is 0.847. The summed E-state index contributed by atoms with van der Waals surface area (Å²) in [5.41, 5.74) is 6.36. The molecular formula is C10H8N2O. The molecule has 0 spiro atoms. The van der Waals surface area contributed by atoms with Crippen molar-refractivity contribution in [3.8, 4) is 6.07 Å². The van der Waals surface area contributed by atoms with Crippen molar-refractivity contribution in [2.75, 3.05) is 0 Å². The van der Waals surface area contributed by atoms with Crippen LogP contribution in [0.1, 0.15) is 11.1 Å². The standard InChI is InChI=1S/C10H8N2O/c11-7-9-3-1-8(2-4-9)5-6-10(12)13/h1-6H,(H2,12,13)/b6-5-. The number of hydrogen-bond donors (Lipinski definition) is 1. The first-order chi connectivity index (χ1) is 6.22. The lowest BCUT2D eigenvalue weighted by molar-refractivity contribution is -0.113. The molecule has 13 heavy (non-hydrogen) atoms. The van der Waals surface area contributed by atoms with E-state index in [9.17, 15) is 4.79 Å². The third kappa shape index (κ3) is 2.80. The predicted octanol–water partition coefficient (Wildman–Crippen LogP) is 1.06. The van der Waals surface area contributed by atoms with Crippen LogP contribution in [0.5, 0.6) is 0 Å². The topological polar surface area (TPSA) is 66.9 Å². The molecule has 1 aromatic carbocycles. The highest BCUT2D eigenvalue weighted by Crippen LogP contribution is 2.04. The monoisotopic (exact) mass is 172 g/mol. The van der Waals surface area contributed by atoms with Gasteiger partial charge in [-0.15, -0.1) is 0 Å². The van der Waals surface area contributed by atoms with Crippen LogP contribution in [0, 0.1) is 11.3 Å². The zero-order valence-corrected chi connectivity index (χ0v) is 6.90. The lowest BCUT2D eigenvalue weighted by atomic mass is 10.1. The Balaban J connectivity index is 2.82. The van der Waals surface area contributed by atoms with Crippen molar-refractivity contribution >= 4 is 12.0 Å². The van der Waals surface area contributed by atoms with E-state index in [1.165, 1.54) is 6.08 Å². The lowest BCUT2D eigenvalue weighted by Gasteiger charge is -1.91. The molecule has 3 nitrogen and oxygen atoms in total. The van der Waals surface area contributed by atoms with Crippen molar-refractivity contribution < 1.29 is 4.79 Å². The van der Waals surface area contributed by atoms with Crippen LogP contribution in [-0.4, -0.2) is 5.91 Å². The van der Waals surface area contributed by atoms with Crippen molar-refractivity contribution in [2.24, 2.45) is 5.73 Å². The molecule has 0 aromatic heterocycles. The van der Waals surface area contributed by atoms with Gasteiger partial charge in [0.25, 0.3) is 0 Å². The smallest absolute Gasteiger partial charge is 0.241 e. The molecule has 0 saturated heterocycles. The zero-order valence-electron chi connectivity index (χ0n) is 6.90. The molecule has 0 bridgehead atoms. The molecule has 64 valence electrons. The van der Waals surface area contributed by atoms with E-state index < -0.39 is 5.91 Å². The van der Waals surface area contributed by atoms with Crippen LogP contribution < -0.4 is 5.73 Å². The van der Waals surface area contributed by atoms with Gasteiger partial charge in [-0.2, -0.15) is 5.26 Å². The number of nitrogens with zero attached hydrogens (tertiary/aromatic N) is 1. The number of primary amides is 1. The number of carbonyl (C=O) groups is 1. The van der Waals surface area contributed by atoms with Gasteiger partial charge in [0, 0.05) is 6.08 Å². The number of benzene rings is 1. The lowest BCUT2D eigenvalue weighted by Crippen LogP contribution is -2.04. The van der Waals surface area contributed by atoms with E-state index in [0.29, 0.717) is 5.56 Å². The maximum atomic E-state index is 10.4. The molecule has 0 fully saturated rings. The summed E-state index contributed by atoms with van der Waals surface area (Å²) >= 11 is 0. The van der Waals surface area contributed by atoms with Gasteiger partial charge in [-0.1, -0.05) is 12.1 Å². The Morgan fingerprint density at radius 2 is 2.00 bits per heavy atom. The highest BCUT2D eigenvalue weighted by Gasteiger charge is 1.89. The molecule has 0 unspecified atom stereocenters. The van der Waals surface area contributed by atoms with Crippen molar-refractivity contribution in [3.05, 3.63) is 41.5 Å². The molecule has 1 rings (SSSR count). The number of nitriles is 1. The molecule has 0 radical (unpaired) electrons. The minimum Gasteiger partial charge on any atom is -0.366 e. The van der Waals surface area contributed by atoms with E-state index in [-0.39, 0.29) is 0 Å². The van der Waals surface area contributed by atoms with E-state index in [1.807, 2.05) is 6.07 Å². The Morgan fingerprint density at radius 1 is 1.38 bits per heavy atom. The summed E-state index contributed by atoms with van der Waals surface area (Å²) in [6, 6.07) is 8.86. The van der Waals surface area contributed by atoms with Gasteiger partial charge in [0.15, 0.2) is 0 Å². The fourth-order valence-corrected chi connectivity index (χ4v) is 0.847. The molecular weight excluding hydrogens is 164 g/mol. The minimum absolute atomic E-state index is 0.482. The molecule has 0 saturated carbocycles. The van der Waals surface area contributed by atoms with Crippen molar-refractivity contribution in [2.45, 2.75) is 0 Å². The van der Waals surface area contributed by atoms with Gasteiger partial charge in [0.05, 0.1) is 11.6 Å². The molecule has 0 atom stereocenters. The average molecular weight is 172 g/mol. The summed E-state index contributed by atoms with van der Waals surface area (Å²) < 4.78 is 0. The quantitative estimate of drug-likeness (QED) is 0.677. The second-order valence-electron chi connectivity index (χ2n) is 2.47. The summed E-state index contributed by atoms with van der Waals surface area (Å²) in [6.07, 6.45) is 2.88. The van der Waals surface area contributed by atoms with Gasteiger partial charge in [-0.3, -0.25) is 4.79 Å². The first-order valence-electron chi connectivity index (χ1n) is 3.70. The molecule has 2 N–H and O–H groups in total. The maximum absolute atomic E-state index is 10.4. The third-order valence-electron chi connectivity index (χ3n) is 1.48. The zero-order chi connectivity index (χ0) is 9.68. The predicted molar refractivity (Wildman–Crippen MR) is 49.4 cm³/mol. The van der Waals surface area contributed by atoms with Crippen LogP contribution in [0.2, 0.25) is 0 Å². The van der Waals surface area contributed by atoms with Gasteiger partial charge < -0.3 is 5.73 Å². The maximum Gasteiger partial charge on any atom is 0.241 e. The van der Waals surface area contributed by atoms with Gasteiger partial charge >= 0.3 is 0 Å². The SMILES string of the molecule is N#Cc1ccc(/C=C\C(N)=O)cc1. The number of nitrogens with two attached hydrogens (primary N) is 1. The summed E-state index contributed by atoms with van der Waals surface area (Å²) in [7, 11) is 0. The average Bonchev–Trinajstić information content (AvgIpc) is 2.15. The molecule has 1 aromatic rings. The first kappa shape index (κ1) is 9.01. The second-order valence-corrected chi connectivity index (χ2v) is 2.47. The van der Waals surface area contributed by atoms with E-state index in [4.69, 9.17) is 11.0 Å². The summed E-state index contributed by atoms with van der Waals surface area (Å²) in [5.74, 6) is -0.482. The Morgan fingerprint density at radius 3 is 2.46 bits per heavy atom. The van der Waals surface area contributed by atoms with Crippen LogP contribution in [0.25, 0.3) is 6.08 Å². The van der Waals surface area contributed by atoms with Crippen molar-refractivity contribution in [1.82, 2.24) is 0 Å². The second kappa shape index (κ2) is 4.07. The first-order valence-corrected chi connectivity index (χ1v) is 3.70. The largest absolute Gasteiger partial charge is 0.366 e. The van der Waals surface area contributed by atoms with E-state index in [2.05, 4.69) is 0 Å². The van der Waals surface area contributed by atoms with Crippen LogP contribution in [-0.2, 0) is 4.79 Å². The normalized spacial score (nSPS) is 9.77. The van der Waals surface area contributed by atoms with Crippen LogP contribution in [0.4, 0.5) is 0 Å². The summed E-state index contributed by atoms with van der Waals surface area (Å²) in [5, 5.41) is 8.50. The molecule has 0 aliphatic rings. The van der Waals surface area contributed by atoms with Crippen molar-refractivity contribution in [1.29, 1.82) is 5.26 Å². The Bertz CT molecular complexity index is 371. The number of rotatable bonds is 2. The third-order valence-corrected chi connectivity index (χ3v) is 1.48. The van der Waals surface area contributed by atoms with Crippen LogP contribution in [0.15, 0.2) is 30.3 Å². The molecule has 0 aliphatic heterocycles. The van der Waals surface area contributed by atoms with Gasteiger partial charge in [0.1, 0.15) is 0 Å². The minimum atomic E-state index is -0.482. The molecule has 0 aliphatic carbocycles. The molecule has 3 heteroatoms. The van der Waals surface area contributed by atoms with E-state index >= 15 is 0 Å². The van der Waals surface area contributed by atoms with Gasteiger partial charge in [-0.25, -0.2) is 0 Å². The van der Waals surface area contributed by atoms with Gasteiger partial charge in [0.2, 0.25) is 5.91 Å². The number of amides is 1. The molecule has 1 amide bonds. The number of carbonyl (C=O) groups excluding carboxylic acids is 1. The van der Waals surface area contributed by atoms with Crippen LogP contribution in [0.3, 0.4) is 0 Å². The van der Waals surface area contributed by atoms with Crippen molar-refractivity contribution in [3.63, 3.8) is 0 Å². The number of hydrogen-bond acceptors (Lipinski definition) is 2. The van der Waals surface area contributed by atoms with Gasteiger partial charge in [-0.05, 0) is 23.8 Å². The highest BCUT2D eigenvalue weighted by molar-refractivity contribution is 5.90. The highest BCUT2D eigenvalue weighted by atomic mass is 16.1. The van der Waals surface area contributed by atoms with E-state index in [0.717, 1.165) is 5.56 Å². The Kier molecular flexibility index (Phi) is 2.82. The molecule has 0 heterocycles. The fraction of sp³-hybridized carbons (Fsp3) is 0.